The Bertz CT molecular complexity index is 705. The fraction of sp³-hybridized carbons (Fsp3) is 0.409. The maximum Gasteiger partial charge on any atom is 0.223 e. The Morgan fingerprint density at radius 3 is 2.50 bits per heavy atom. The van der Waals surface area contributed by atoms with Crippen LogP contribution in [0.15, 0.2) is 54.6 Å². The smallest absolute Gasteiger partial charge is 0.223 e. The summed E-state index contributed by atoms with van der Waals surface area (Å²) in [7, 11) is 0. The zero-order valence-electron chi connectivity index (χ0n) is 14.2. The van der Waals surface area contributed by atoms with E-state index in [0.717, 1.165) is 19.3 Å². The normalized spacial score (nSPS) is 19.6. The van der Waals surface area contributed by atoms with Crippen LogP contribution < -0.4 is 0 Å². The Kier molecular flexibility index (Phi) is 4.38. The predicted octanol–water partition coefficient (Wildman–Crippen LogP) is 4.69. The third-order valence-electron chi connectivity index (χ3n) is 5.37. The maximum atomic E-state index is 13.0. The maximum absolute atomic E-state index is 13.0. The van der Waals surface area contributed by atoms with Gasteiger partial charge in [0.25, 0.3) is 0 Å². The molecule has 1 atom stereocenters. The summed E-state index contributed by atoms with van der Waals surface area (Å²) in [5.74, 6) is 0.336. The number of fused-ring (bicyclic) bond motifs is 1. The van der Waals surface area contributed by atoms with Crippen LogP contribution in [0.3, 0.4) is 0 Å². The van der Waals surface area contributed by atoms with Gasteiger partial charge in [-0.25, -0.2) is 0 Å². The molecule has 0 aromatic heterocycles. The minimum atomic E-state index is 0.297. The second kappa shape index (κ2) is 6.80. The lowest BCUT2D eigenvalue weighted by Gasteiger charge is -2.36. The number of hydrogen-bond donors (Lipinski definition) is 0. The average Bonchev–Trinajstić information content (AvgIpc) is 3.46. The molecule has 2 aliphatic rings. The number of nitrogens with zero attached hydrogens (tertiary/aromatic N) is 1. The van der Waals surface area contributed by atoms with Gasteiger partial charge < -0.3 is 4.90 Å². The van der Waals surface area contributed by atoms with Crippen LogP contribution in [0.25, 0.3) is 0 Å². The number of carbonyl (C=O) groups excluding carboxylic acids is 1. The summed E-state index contributed by atoms with van der Waals surface area (Å²) in [4.78, 5) is 15.3. The molecule has 1 saturated carbocycles. The average molecular weight is 319 g/mol. The van der Waals surface area contributed by atoms with Crippen molar-refractivity contribution in [3.8, 4) is 0 Å². The first-order valence-corrected chi connectivity index (χ1v) is 9.26. The largest absolute Gasteiger partial charge is 0.333 e. The number of rotatable bonds is 5. The van der Waals surface area contributed by atoms with Crippen molar-refractivity contribution in [2.75, 3.05) is 0 Å². The molecule has 124 valence electrons. The van der Waals surface area contributed by atoms with Crippen LogP contribution in [0.4, 0.5) is 0 Å². The molecule has 0 radical (unpaired) electrons. The van der Waals surface area contributed by atoms with Gasteiger partial charge in [0, 0.05) is 12.5 Å². The van der Waals surface area contributed by atoms with Crippen LogP contribution in [0.1, 0.15) is 54.8 Å². The quantitative estimate of drug-likeness (QED) is 0.783. The highest BCUT2D eigenvalue weighted by atomic mass is 16.2. The second-order valence-corrected chi connectivity index (χ2v) is 7.12. The van der Waals surface area contributed by atoms with E-state index in [0.29, 0.717) is 24.4 Å². The van der Waals surface area contributed by atoms with Crippen molar-refractivity contribution >= 4 is 5.91 Å². The molecule has 1 amide bonds. The van der Waals surface area contributed by atoms with Crippen molar-refractivity contribution in [1.29, 1.82) is 0 Å². The van der Waals surface area contributed by atoms with E-state index < -0.39 is 0 Å². The molecule has 0 saturated heterocycles. The van der Waals surface area contributed by atoms with Gasteiger partial charge in [0.05, 0.1) is 6.04 Å². The zero-order chi connectivity index (χ0) is 16.4. The van der Waals surface area contributed by atoms with Gasteiger partial charge in [-0.15, -0.1) is 0 Å². The summed E-state index contributed by atoms with van der Waals surface area (Å²) >= 11 is 0. The van der Waals surface area contributed by atoms with E-state index in [-0.39, 0.29) is 0 Å². The minimum absolute atomic E-state index is 0.297. The van der Waals surface area contributed by atoms with Crippen molar-refractivity contribution in [2.24, 2.45) is 0 Å². The topological polar surface area (TPSA) is 20.3 Å². The molecule has 1 fully saturated rings. The fourth-order valence-electron chi connectivity index (χ4n) is 4.03. The number of amides is 1. The summed E-state index contributed by atoms with van der Waals surface area (Å²) in [6.07, 6.45) is 7.28. The molecule has 1 unspecified atom stereocenters. The van der Waals surface area contributed by atoms with Gasteiger partial charge in [0.15, 0.2) is 0 Å². The highest BCUT2D eigenvalue weighted by Crippen LogP contribution is 2.41. The lowest BCUT2D eigenvalue weighted by Crippen LogP contribution is -2.38. The molecule has 2 aromatic rings. The van der Waals surface area contributed by atoms with Gasteiger partial charge in [-0.2, -0.15) is 0 Å². The molecule has 2 aliphatic carbocycles. The number of carbonyl (C=O) groups is 1. The number of hydrogen-bond acceptors (Lipinski definition) is 1. The van der Waals surface area contributed by atoms with Crippen LogP contribution in [0.2, 0.25) is 0 Å². The first-order chi connectivity index (χ1) is 11.8. The van der Waals surface area contributed by atoms with Crippen molar-refractivity contribution in [2.45, 2.75) is 57.0 Å². The first-order valence-electron chi connectivity index (χ1n) is 9.26. The van der Waals surface area contributed by atoms with E-state index in [4.69, 9.17) is 0 Å². The standard InChI is InChI=1S/C22H25NO/c24-22(16-13-17-7-2-1-3-8-17)23(19-14-15-19)21-12-6-10-18-9-4-5-11-20(18)21/h1-5,7-9,11,19,21H,6,10,12-16H2. The van der Waals surface area contributed by atoms with Gasteiger partial charge in [0.1, 0.15) is 0 Å². The molecule has 2 heteroatoms. The van der Waals surface area contributed by atoms with Crippen molar-refractivity contribution in [3.05, 3.63) is 71.3 Å². The van der Waals surface area contributed by atoms with Gasteiger partial charge in [-0.3, -0.25) is 4.79 Å². The zero-order valence-corrected chi connectivity index (χ0v) is 14.2. The SMILES string of the molecule is O=C(CCc1ccccc1)N(C1CC1)C1CCCc2ccccc21. The molecule has 0 N–H and O–H groups in total. The summed E-state index contributed by atoms with van der Waals surface area (Å²) in [5.41, 5.74) is 4.09. The Morgan fingerprint density at radius 1 is 0.958 bits per heavy atom. The molecule has 0 aliphatic heterocycles. The molecular formula is C22H25NO. The van der Waals surface area contributed by atoms with Gasteiger partial charge in [-0.05, 0) is 55.2 Å². The number of aryl methyl sites for hydroxylation is 2. The highest BCUT2D eigenvalue weighted by Gasteiger charge is 2.38. The van der Waals surface area contributed by atoms with Gasteiger partial charge in [-0.1, -0.05) is 54.6 Å². The lowest BCUT2D eigenvalue weighted by atomic mass is 9.86. The van der Waals surface area contributed by atoms with Crippen LogP contribution in [0, 0.1) is 0 Å². The molecule has 2 nitrogen and oxygen atoms in total. The Morgan fingerprint density at radius 2 is 1.71 bits per heavy atom. The lowest BCUT2D eigenvalue weighted by molar-refractivity contribution is -0.134. The molecule has 2 aromatic carbocycles. The first kappa shape index (κ1) is 15.4. The molecule has 24 heavy (non-hydrogen) atoms. The van der Waals surface area contributed by atoms with Crippen molar-refractivity contribution in [3.63, 3.8) is 0 Å². The third kappa shape index (κ3) is 3.24. The van der Waals surface area contributed by atoms with E-state index in [1.807, 2.05) is 6.07 Å². The monoisotopic (exact) mass is 319 g/mol. The van der Waals surface area contributed by atoms with Crippen molar-refractivity contribution < 1.29 is 4.79 Å². The van der Waals surface area contributed by atoms with Crippen LogP contribution >= 0.6 is 0 Å². The Hall–Kier alpha value is -2.09. The van der Waals surface area contributed by atoms with Gasteiger partial charge in [0.2, 0.25) is 5.91 Å². The highest BCUT2D eigenvalue weighted by molar-refractivity contribution is 5.78. The van der Waals surface area contributed by atoms with Crippen LogP contribution in [-0.4, -0.2) is 16.8 Å². The Labute approximate surface area is 144 Å². The van der Waals surface area contributed by atoms with E-state index in [9.17, 15) is 4.79 Å². The minimum Gasteiger partial charge on any atom is -0.333 e. The van der Waals surface area contributed by atoms with E-state index >= 15 is 0 Å². The summed E-state index contributed by atoms with van der Waals surface area (Å²) in [6, 6.07) is 19.9. The van der Waals surface area contributed by atoms with Crippen molar-refractivity contribution in [1.82, 2.24) is 4.90 Å². The molecular weight excluding hydrogens is 294 g/mol. The predicted molar refractivity (Wildman–Crippen MR) is 96.8 cm³/mol. The van der Waals surface area contributed by atoms with Gasteiger partial charge >= 0.3 is 0 Å². The fourth-order valence-corrected chi connectivity index (χ4v) is 4.03. The van der Waals surface area contributed by atoms with Crippen LogP contribution in [0.5, 0.6) is 0 Å². The van der Waals surface area contributed by atoms with E-state index in [2.05, 4.69) is 53.4 Å². The molecule has 0 heterocycles. The van der Waals surface area contributed by atoms with Crippen LogP contribution in [-0.2, 0) is 17.6 Å². The molecule has 0 spiro atoms. The number of benzene rings is 2. The summed E-state index contributed by atoms with van der Waals surface area (Å²) < 4.78 is 0. The van der Waals surface area contributed by atoms with E-state index in [1.54, 1.807) is 0 Å². The Balaban J connectivity index is 1.52. The third-order valence-corrected chi connectivity index (χ3v) is 5.37. The summed E-state index contributed by atoms with van der Waals surface area (Å²) in [5, 5.41) is 0. The summed E-state index contributed by atoms with van der Waals surface area (Å²) in [6.45, 7) is 0. The second-order valence-electron chi connectivity index (χ2n) is 7.12. The molecule has 0 bridgehead atoms. The van der Waals surface area contributed by atoms with E-state index in [1.165, 1.54) is 36.0 Å². The molecule has 4 rings (SSSR count).